The molecule has 3 N–H and O–H groups in total. The molecule has 166 valence electrons. The van der Waals surface area contributed by atoms with Crippen LogP contribution in [0.1, 0.15) is 29.2 Å². The van der Waals surface area contributed by atoms with Gasteiger partial charge < -0.3 is 20.5 Å². The number of nitrogens with one attached hydrogen (secondary N) is 1. The molecule has 0 amide bonds. The van der Waals surface area contributed by atoms with Crippen molar-refractivity contribution in [1.82, 2.24) is 9.97 Å². The predicted octanol–water partition coefficient (Wildman–Crippen LogP) is 5.36. The van der Waals surface area contributed by atoms with E-state index in [-0.39, 0.29) is 6.04 Å². The number of methoxy groups -OCH3 is 2. The molecule has 4 rings (SSSR count). The number of nitrogens with zero attached hydrogens (tertiary/aromatic N) is 2. The van der Waals surface area contributed by atoms with Crippen LogP contribution in [0.2, 0.25) is 0 Å². The standard InChI is InChI=1S/C25H28N4O2S/c1-15(23-9-10-24(32-23)18-8-6-5-7-17(18)11-12-26)27-25-19-13-21(30-3)22(31-4)14-20(19)28-16(2)29-25/h5-10,13-15H,11-12,26H2,1-4H3,(H,27,28,29)/t15-/m1/s1. The first-order valence-corrected chi connectivity index (χ1v) is 11.4. The van der Waals surface area contributed by atoms with Crippen molar-refractivity contribution in [2.24, 2.45) is 5.73 Å². The summed E-state index contributed by atoms with van der Waals surface area (Å²) in [5.74, 6) is 2.77. The Balaban J connectivity index is 1.66. The fourth-order valence-electron chi connectivity index (χ4n) is 3.82. The van der Waals surface area contributed by atoms with E-state index in [0.717, 1.165) is 23.1 Å². The van der Waals surface area contributed by atoms with Crippen LogP contribution in [0.4, 0.5) is 5.82 Å². The summed E-state index contributed by atoms with van der Waals surface area (Å²) in [6.07, 6.45) is 0.870. The molecule has 2 heterocycles. The minimum absolute atomic E-state index is 0.0704. The molecule has 0 spiro atoms. The molecule has 0 radical (unpaired) electrons. The third-order valence-electron chi connectivity index (χ3n) is 5.42. The molecule has 2 aromatic carbocycles. The molecule has 6 nitrogen and oxygen atoms in total. The van der Waals surface area contributed by atoms with Crippen LogP contribution in [0.5, 0.6) is 11.5 Å². The average molecular weight is 449 g/mol. The van der Waals surface area contributed by atoms with Gasteiger partial charge in [0.15, 0.2) is 11.5 Å². The lowest BCUT2D eigenvalue weighted by atomic mass is 10.0. The van der Waals surface area contributed by atoms with E-state index in [1.807, 2.05) is 19.1 Å². The maximum atomic E-state index is 5.81. The molecule has 0 aliphatic carbocycles. The first-order chi connectivity index (χ1) is 15.5. The SMILES string of the molecule is COc1cc2nc(C)nc(N[C@H](C)c3ccc(-c4ccccc4CCN)s3)c2cc1OC. The van der Waals surface area contributed by atoms with Gasteiger partial charge in [0, 0.05) is 21.2 Å². The van der Waals surface area contributed by atoms with Gasteiger partial charge in [0.25, 0.3) is 0 Å². The molecular weight excluding hydrogens is 420 g/mol. The highest BCUT2D eigenvalue weighted by atomic mass is 32.1. The van der Waals surface area contributed by atoms with Crippen molar-refractivity contribution in [3.8, 4) is 21.9 Å². The molecule has 0 saturated heterocycles. The van der Waals surface area contributed by atoms with E-state index < -0.39 is 0 Å². The largest absolute Gasteiger partial charge is 0.493 e. The number of aromatic nitrogens is 2. The smallest absolute Gasteiger partial charge is 0.162 e. The van der Waals surface area contributed by atoms with Gasteiger partial charge in [-0.1, -0.05) is 24.3 Å². The van der Waals surface area contributed by atoms with Gasteiger partial charge in [-0.05, 0) is 56.1 Å². The van der Waals surface area contributed by atoms with Gasteiger partial charge in [-0.2, -0.15) is 0 Å². The molecule has 0 fully saturated rings. The van der Waals surface area contributed by atoms with Crippen LogP contribution in [-0.4, -0.2) is 30.7 Å². The minimum Gasteiger partial charge on any atom is -0.493 e. The quantitative estimate of drug-likeness (QED) is 0.378. The molecule has 0 saturated carbocycles. The van der Waals surface area contributed by atoms with Crippen LogP contribution in [0.3, 0.4) is 0 Å². The highest BCUT2D eigenvalue weighted by Gasteiger charge is 2.16. The highest BCUT2D eigenvalue weighted by Crippen LogP contribution is 2.37. The zero-order chi connectivity index (χ0) is 22.7. The Morgan fingerprint density at radius 3 is 2.53 bits per heavy atom. The topological polar surface area (TPSA) is 82.3 Å². The molecule has 0 aliphatic rings. The number of thiophene rings is 1. The maximum absolute atomic E-state index is 5.81. The summed E-state index contributed by atoms with van der Waals surface area (Å²) < 4.78 is 10.9. The zero-order valence-electron chi connectivity index (χ0n) is 18.8. The summed E-state index contributed by atoms with van der Waals surface area (Å²) in [6, 6.07) is 16.7. The summed E-state index contributed by atoms with van der Waals surface area (Å²) in [7, 11) is 3.25. The number of rotatable bonds is 8. The molecule has 2 aromatic heterocycles. The monoisotopic (exact) mass is 448 g/mol. The Hall–Kier alpha value is -3.16. The number of nitrogens with two attached hydrogens (primary N) is 1. The molecule has 0 unspecified atom stereocenters. The molecule has 4 aromatic rings. The minimum atomic E-state index is 0.0704. The van der Waals surface area contributed by atoms with Crippen molar-refractivity contribution >= 4 is 28.1 Å². The lowest BCUT2D eigenvalue weighted by Crippen LogP contribution is -2.08. The molecule has 0 bridgehead atoms. The van der Waals surface area contributed by atoms with Crippen molar-refractivity contribution in [2.75, 3.05) is 26.1 Å². The molecule has 1 atom stereocenters. The van der Waals surface area contributed by atoms with Crippen LogP contribution in [-0.2, 0) is 6.42 Å². The summed E-state index contributed by atoms with van der Waals surface area (Å²) in [6.45, 7) is 4.68. The Kier molecular flexibility index (Phi) is 6.58. The van der Waals surface area contributed by atoms with E-state index >= 15 is 0 Å². The van der Waals surface area contributed by atoms with Crippen molar-refractivity contribution in [3.63, 3.8) is 0 Å². The Morgan fingerprint density at radius 2 is 1.78 bits per heavy atom. The van der Waals surface area contributed by atoms with Crippen LogP contribution >= 0.6 is 11.3 Å². The second kappa shape index (κ2) is 9.54. The van der Waals surface area contributed by atoms with Gasteiger partial charge in [0.05, 0.1) is 25.8 Å². The van der Waals surface area contributed by atoms with Gasteiger partial charge >= 0.3 is 0 Å². The second-order valence-electron chi connectivity index (χ2n) is 7.61. The van der Waals surface area contributed by atoms with Crippen LogP contribution < -0.4 is 20.5 Å². The number of aryl methyl sites for hydroxylation is 1. The van der Waals surface area contributed by atoms with Crippen LogP contribution in [0.15, 0.2) is 48.5 Å². The summed E-state index contributed by atoms with van der Waals surface area (Å²) in [5.41, 5.74) is 9.15. The van der Waals surface area contributed by atoms with Crippen molar-refractivity contribution in [1.29, 1.82) is 0 Å². The number of anilines is 1. The van der Waals surface area contributed by atoms with Gasteiger partial charge in [-0.3, -0.25) is 0 Å². The van der Waals surface area contributed by atoms with E-state index in [4.69, 9.17) is 15.2 Å². The summed E-state index contributed by atoms with van der Waals surface area (Å²) in [4.78, 5) is 11.7. The summed E-state index contributed by atoms with van der Waals surface area (Å²) >= 11 is 1.79. The number of benzene rings is 2. The van der Waals surface area contributed by atoms with E-state index in [0.29, 0.717) is 23.9 Å². The Morgan fingerprint density at radius 1 is 1.03 bits per heavy atom. The first kappa shape index (κ1) is 22.0. The van der Waals surface area contributed by atoms with Crippen LogP contribution in [0.25, 0.3) is 21.3 Å². The molecular formula is C25H28N4O2S. The third kappa shape index (κ3) is 4.40. The molecule has 7 heteroatoms. The fraction of sp³-hybridized carbons (Fsp3) is 0.280. The van der Waals surface area contributed by atoms with Crippen molar-refractivity contribution in [2.45, 2.75) is 26.3 Å². The number of fused-ring (bicyclic) bond motifs is 1. The number of hydrogen-bond acceptors (Lipinski definition) is 7. The Bertz CT molecular complexity index is 1240. The van der Waals surface area contributed by atoms with Crippen molar-refractivity contribution in [3.05, 3.63) is 64.8 Å². The maximum Gasteiger partial charge on any atom is 0.162 e. The average Bonchev–Trinajstić information content (AvgIpc) is 3.29. The van der Waals surface area contributed by atoms with E-state index in [1.54, 1.807) is 25.6 Å². The third-order valence-corrected chi connectivity index (χ3v) is 6.72. The summed E-state index contributed by atoms with van der Waals surface area (Å²) in [5, 5.41) is 4.47. The van der Waals surface area contributed by atoms with Crippen molar-refractivity contribution < 1.29 is 9.47 Å². The zero-order valence-corrected chi connectivity index (χ0v) is 19.6. The predicted molar refractivity (Wildman–Crippen MR) is 132 cm³/mol. The lowest BCUT2D eigenvalue weighted by molar-refractivity contribution is 0.356. The highest BCUT2D eigenvalue weighted by molar-refractivity contribution is 7.15. The number of ether oxygens (including phenoxy) is 2. The number of hydrogen-bond donors (Lipinski definition) is 2. The van der Waals surface area contributed by atoms with E-state index in [9.17, 15) is 0 Å². The van der Waals surface area contributed by atoms with Gasteiger partial charge in [-0.25, -0.2) is 9.97 Å². The first-order valence-electron chi connectivity index (χ1n) is 10.6. The molecule has 0 aliphatic heterocycles. The van der Waals surface area contributed by atoms with Crippen LogP contribution in [0, 0.1) is 6.92 Å². The van der Waals surface area contributed by atoms with Gasteiger partial charge in [-0.15, -0.1) is 11.3 Å². The normalized spacial score (nSPS) is 12.0. The van der Waals surface area contributed by atoms with Gasteiger partial charge in [0.2, 0.25) is 0 Å². The fourth-order valence-corrected chi connectivity index (χ4v) is 4.89. The van der Waals surface area contributed by atoms with E-state index in [1.165, 1.54) is 20.9 Å². The Labute approximate surface area is 192 Å². The second-order valence-corrected chi connectivity index (χ2v) is 8.72. The molecule has 32 heavy (non-hydrogen) atoms. The lowest BCUT2D eigenvalue weighted by Gasteiger charge is -2.16. The van der Waals surface area contributed by atoms with Gasteiger partial charge in [0.1, 0.15) is 11.6 Å². The van der Waals surface area contributed by atoms with E-state index in [2.05, 4.69) is 58.6 Å².